The lowest BCUT2D eigenvalue weighted by molar-refractivity contribution is -0.174. The van der Waals surface area contributed by atoms with E-state index < -0.39 is 0 Å². The summed E-state index contributed by atoms with van der Waals surface area (Å²) in [7, 11) is 0. The number of allylic oxidation sites excluding steroid dienone is 2. The Kier molecular flexibility index (Phi) is 2.89. The summed E-state index contributed by atoms with van der Waals surface area (Å²) in [4.78, 5) is 13.1. The van der Waals surface area contributed by atoms with Crippen LogP contribution in [-0.4, -0.2) is 17.5 Å². The average Bonchev–Trinajstić information content (AvgIpc) is 2.74. The maximum absolute atomic E-state index is 13.1. The van der Waals surface area contributed by atoms with E-state index in [2.05, 4.69) is 32.9 Å². The number of aliphatic hydroxyl groups is 1. The maximum atomic E-state index is 13.1. The van der Waals surface area contributed by atoms with E-state index in [0.29, 0.717) is 29.5 Å². The summed E-state index contributed by atoms with van der Waals surface area (Å²) >= 11 is 0. The molecule has 0 heterocycles. The molecule has 122 valence electrons. The molecule has 0 radical (unpaired) electrons. The highest BCUT2D eigenvalue weighted by Gasteiger charge is 2.66. The predicted molar refractivity (Wildman–Crippen MR) is 87.3 cm³/mol. The van der Waals surface area contributed by atoms with Gasteiger partial charge in [-0.25, -0.2) is 0 Å². The summed E-state index contributed by atoms with van der Waals surface area (Å²) in [6, 6.07) is 0. The Morgan fingerprint density at radius 2 is 1.82 bits per heavy atom. The second kappa shape index (κ2) is 4.26. The smallest absolute Gasteiger partial charge is 0.139 e. The molecule has 2 nitrogen and oxygen atoms in total. The first kappa shape index (κ1) is 14.9. The topological polar surface area (TPSA) is 37.3 Å². The van der Waals surface area contributed by atoms with Gasteiger partial charge in [-0.05, 0) is 66.6 Å². The lowest BCUT2D eigenvalue weighted by Gasteiger charge is -2.63. The number of Topliss-reactive ketones (excluding diaryl/α,β-unsaturated/α-hetero) is 1. The van der Waals surface area contributed by atoms with E-state index in [1.54, 1.807) is 0 Å². The lowest BCUT2D eigenvalue weighted by Crippen LogP contribution is -2.61. The number of hydrogen-bond donors (Lipinski definition) is 1. The average molecular weight is 302 g/mol. The van der Waals surface area contributed by atoms with Gasteiger partial charge < -0.3 is 5.11 Å². The fraction of sp³-hybridized carbons (Fsp3) is 0.850. The maximum Gasteiger partial charge on any atom is 0.139 e. The first-order chi connectivity index (χ1) is 10.3. The minimum atomic E-state index is -0.218. The number of carbonyl (C=O) groups excluding carboxylic acids is 1. The van der Waals surface area contributed by atoms with E-state index >= 15 is 0 Å². The van der Waals surface area contributed by atoms with Gasteiger partial charge in [0.25, 0.3) is 0 Å². The van der Waals surface area contributed by atoms with Crippen molar-refractivity contribution in [1.29, 1.82) is 0 Å². The zero-order valence-corrected chi connectivity index (χ0v) is 14.3. The summed E-state index contributed by atoms with van der Waals surface area (Å²) in [5.41, 5.74) is 0.358. The predicted octanol–water partition coefficient (Wildman–Crippen LogP) is 4.13. The molecule has 0 aliphatic heterocycles. The van der Waals surface area contributed by atoms with Crippen LogP contribution in [0.15, 0.2) is 12.2 Å². The Balaban J connectivity index is 1.79. The van der Waals surface area contributed by atoms with E-state index in [9.17, 15) is 9.90 Å². The van der Waals surface area contributed by atoms with Crippen LogP contribution in [0.25, 0.3) is 0 Å². The van der Waals surface area contributed by atoms with Gasteiger partial charge >= 0.3 is 0 Å². The van der Waals surface area contributed by atoms with Crippen LogP contribution in [-0.2, 0) is 4.79 Å². The molecule has 4 aliphatic carbocycles. The number of ketones is 1. The number of hydrogen-bond acceptors (Lipinski definition) is 2. The van der Waals surface area contributed by atoms with Gasteiger partial charge in [0, 0.05) is 18.4 Å². The lowest BCUT2D eigenvalue weighted by atomic mass is 9.40. The molecule has 0 saturated heterocycles. The largest absolute Gasteiger partial charge is 0.396 e. The highest BCUT2D eigenvalue weighted by atomic mass is 16.3. The molecule has 0 aromatic heterocycles. The zero-order chi connectivity index (χ0) is 15.8. The molecule has 0 amide bonds. The number of rotatable bonds is 1. The van der Waals surface area contributed by atoms with Crippen molar-refractivity contribution < 1.29 is 9.90 Å². The van der Waals surface area contributed by atoms with Crippen molar-refractivity contribution in [3.05, 3.63) is 12.2 Å². The Hall–Kier alpha value is -0.630. The van der Waals surface area contributed by atoms with Crippen molar-refractivity contribution in [3.63, 3.8) is 0 Å². The van der Waals surface area contributed by atoms with Crippen molar-refractivity contribution in [3.8, 4) is 0 Å². The normalized spacial score (nSPS) is 56.6. The zero-order valence-electron chi connectivity index (χ0n) is 14.3. The fourth-order valence-corrected chi connectivity index (χ4v) is 7.10. The molecule has 0 aromatic rings. The molecule has 3 fully saturated rings. The molecule has 1 spiro atoms. The highest BCUT2D eigenvalue weighted by Crippen LogP contribution is 2.70. The number of aliphatic hydroxyl groups excluding tert-OH is 1. The van der Waals surface area contributed by atoms with Gasteiger partial charge in [0.2, 0.25) is 0 Å². The van der Waals surface area contributed by atoms with Gasteiger partial charge in [-0.1, -0.05) is 32.9 Å². The van der Waals surface area contributed by atoms with Gasteiger partial charge in [0.1, 0.15) is 5.78 Å². The van der Waals surface area contributed by atoms with Crippen LogP contribution < -0.4 is 0 Å². The van der Waals surface area contributed by atoms with E-state index in [0.717, 1.165) is 12.8 Å². The quantitative estimate of drug-likeness (QED) is 0.740. The Morgan fingerprint density at radius 1 is 1.09 bits per heavy atom. The Labute approximate surface area is 134 Å². The molecular formula is C20H30O2. The summed E-state index contributed by atoms with van der Waals surface area (Å²) in [6.07, 6.45) is 12.5. The first-order valence-corrected chi connectivity index (χ1v) is 9.13. The van der Waals surface area contributed by atoms with Crippen molar-refractivity contribution >= 4 is 5.78 Å². The Bertz CT molecular complexity index is 552. The van der Waals surface area contributed by atoms with Crippen molar-refractivity contribution in [2.75, 3.05) is 6.61 Å². The third kappa shape index (κ3) is 1.63. The first-order valence-electron chi connectivity index (χ1n) is 9.13. The van der Waals surface area contributed by atoms with Gasteiger partial charge in [0.05, 0.1) is 0 Å². The van der Waals surface area contributed by atoms with Crippen molar-refractivity contribution in [2.24, 2.45) is 33.5 Å². The number of fused-ring (bicyclic) bond motifs is 3. The van der Waals surface area contributed by atoms with Crippen LogP contribution in [0.4, 0.5) is 0 Å². The molecule has 3 saturated carbocycles. The van der Waals surface area contributed by atoms with Crippen LogP contribution in [0.3, 0.4) is 0 Å². The molecule has 2 heteroatoms. The molecule has 0 aromatic carbocycles. The van der Waals surface area contributed by atoms with Crippen LogP contribution >= 0.6 is 0 Å². The summed E-state index contributed by atoms with van der Waals surface area (Å²) in [5.74, 6) is 1.33. The van der Waals surface area contributed by atoms with Gasteiger partial charge in [0.15, 0.2) is 0 Å². The van der Waals surface area contributed by atoms with Crippen molar-refractivity contribution in [2.45, 2.75) is 65.7 Å². The molecule has 22 heavy (non-hydrogen) atoms. The van der Waals surface area contributed by atoms with E-state index in [4.69, 9.17) is 0 Å². The van der Waals surface area contributed by atoms with E-state index in [-0.39, 0.29) is 22.9 Å². The second-order valence-corrected chi connectivity index (χ2v) is 9.60. The monoisotopic (exact) mass is 302 g/mol. The van der Waals surface area contributed by atoms with Crippen molar-refractivity contribution in [1.82, 2.24) is 0 Å². The second-order valence-electron chi connectivity index (χ2n) is 9.60. The number of carbonyl (C=O) groups is 1. The van der Waals surface area contributed by atoms with E-state index in [1.165, 1.54) is 25.7 Å². The molecule has 1 N–H and O–H groups in total. The molecule has 4 aliphatic rings. The van der Waals surface area contributed by atoms with Gasteiger partial charge in [-0.3, -0.25) is 4.79 Å². The Morgan fingerprint density at radius 3 is 2.55 bits per heavy atom. The molecular weight excluding hydrogens is 272 g/mol. The molecule has 0 unspecified atom stereocenters. The van der Waals surface area contributed by atoms with Gasteiger partial charge in [-0.15, -0.1) is 0 Å². The summed E-state index contributed by atoms with van der Waals surface area (Å²) < 4.78 is 0. The van der Waals surface area contributed by atoms with Crippen LogP contribution in [0.1, 0.15) is 65.7 Å². The highest BCUT2D eigenvalue weighted by molar-refractivity contribution is 5.86. The summed E-state index contributed by atoms with van der Waals surface area (Å²) in [6.45, 7) is 7.10. The summed E-state index contributed by atoms with van der Waals surface area (Å²) in [5, 5.41) is 10.0. The molecule has 4 rings (SSSR count). The van der Waals surface area contributed by atoms with E-state index in [1.807, 2.05) is 0 Å². The third-order valence-corrected chi connectivity index (χ3v) is 8.32. The van der Waals surface area contributed by atoms with Gasteiger partial charge in [-0.2, -0.15) is 0 Å². The van der Waals surface area contributed by atoms with Crippen LogP contribution in [0, 0.1) is 33.5 Å². The molecule has 6 atom stereocenters. The minimum Gasteiger partial charge on any atom is -0.396 e. The fourth-order valence-electron chi connectivity index (χ4n) is 7.10. The minimum absolute atomic E-state index is 0.0622. The molecule has 2 bridgehead atoms. The third-order valence-electron chi connectivity index (χ3n) is 8.32. The van der Waals surface area contributed by atoms with Crippen LogP contribution in [0.2, 0.25) is 0 Å². The standard InChI is InChI=1S/C20H30O2/c1-17-7-4-15-19(3)14(5-9-20(15,12-17)11-10-17)18(2,13-21)8-6-16(19)22/h10-11,14-15,21H,4-9,12-13H2,1-3H3/t14-,15+,17-,18+,19-,20+/m1/s1. The van der Waals surface area contributed by atoms with Crippen LogP contribution in [0.5, 0.6) is 0 Å². The SMILES string of the molecule is C[C@]12C=C[C@@]3(CC[C@@H]4[C@](C)(CO)CCC(=O)[C@@]4(C)[C@@H]3CC1)C2.